The van der Waals surface area contributed by atoms with Gasteiger partial charge in [0.15, 0.2) is 6.29 Å². The molecule has 10 heteroatoms. The molecule has 8 atom stereocenters. The molecule has 0 aliphatic carbocycles. The van der Waals surface area contributed by atoms with E-state index in [-0.39, 0.29) is 6.61 Å². The van der Waals surface area contributed by atoms with Crippen LogP contribution in [0.3, 0.4) is 0 Å². The fraction of sp³-hybridized carbons (Fsp3) is 0.841. The lowest BCUT2D eigenvalue weighted by atomic mass is 9.99. The molecule has 316 valence electrons. The summed E-state index contributed by atoms with van der Waals surface area (Å²) in [5.41, 5.74) is 0. The Morgan fingerprint density at radius 3 is 1.61 bits per heavy atom. The van der Waals surface area contributed by atoms with Gasteiger partial charge in [0.2, 0.25) is 5.91 Å². The second-order valence-corrected chi connectivity index (χ2v) is 15.3. The van der Waals surface area contributed by atoms with E-state index in [0.717, 1.165) is 38.5 Å². The molecule has 0 aromatic carbocycles. The average Bonchev–Trinajstić information content (AvgIpc) is 3.17. The van der Waals surface area contributed by atoms with Crippen molar-refractivity contribution in [2.75, 3.05) is 13.2 Å². The van der Waals surface area contributed by atoms with Gasteiger partial charge in [0.1, 0.15) is 30.5 Å². The van der Waals surface area contributed by atoms with Gasteiger partial charge in [-0.2, -0.15) is 0 Å². The van der Waals surface area contributed by atoms with E-state index < -0.39 is 61.5 Å². The monoisotopic (exact) mass is 768 g/mol. The summed E-state index contributed by atoms with van der Waals surface area (Å²) in [6.45, 7) is 3.54. The molecule has 1 aliphatic heterocycles. The lowest BCUT2D eigenvalue weighted by Crippen LogP contribution is -2.60. The quantitative estimate of drug-likeness (QED) is 0.0256. The Kier molecular flexibility index (Phi) is 32.3. The number of nitrogens with one attached hydrogen (secondary N) is 1. The van der Waals surface area contributed by atoms with Gasteiger partial charge >= 0.3 is 0 Å². The minimum Gasteiger partial charge on any atom is -0.394 e. The highest BCUT2D eigenvalue weighted by atomic mass is 16.7. The molecule has 54 heavy (non-hydrogen) atoms. The standard InChI is InChI=1S/C44H81NO9/c1-3-5-7-9-11-13-15-16-17-18-19-20-21-23-25-27-29-31-33-38(48)43(52)45-36(35-53-44-42(51)41(50)40(49)39(34-46)54-44)37(47)32-30-28-26-24-22-14-12-10-8-6-4-2/h18-19,22,24,30,32,36-42,44,46-51H,3-17,20-21,23,25-29,31,33-35H2,1-2H3,(H,45,52)/b19-18-,24-22+,32-30+. The zero-order valence-corrected chi connectivity index (χ0v) is 34.1. The molecule has 1 amide bonds. The number of aliphatic hydroxyl groups is 6. The number of carbonyl (C=O) groups is 1. The van der Waals surface area contributed by atoms with Crippen LogP contribution in [0.1, 0.15) is 174 Å². The van der Waals surface area contributed by atoms with Crippen LogP contribution in [-0.4, -0.2) is 98.7 Å². The van der Waals surface area contributed by atoms with Crippen LogP contribution in [-0.2, 0) is 14.3 Å². The van der Waals surface area contributed by atoms with Gasteiger partial charge in [-0.05, 0) is 57.8 Å². The number of ether oxygens (including phenoxy) is 2. The summed E-state index contributed by atoms with van der Waals surface area (Å²) in [7, 11) is 0. The molecule has 1 heterocycles. The number of hydrogen-bond donors (Lipinski definition) is 7. The molecule has 1 saturated heterocycles. The third-order valence-corrected chi connectivity index (χ3v) is 10.3. The van der Waals surface area contributed by atoms with Crippen molar-refractivity contribution in [3.8, 4) is 0 Å². The van der Waals surface area contributed by atoms with E-state index in [1.165, 1.54) is 103 Å². The van der Waals surface area contributed by atoms with Crippen molar-refractivity contribution in [1.82, 2.24) is 5.32 Å². The van der Waals surface area contributed by atoms with E-state index in [9.17, 15) is 35.4 Å². The van der Waals surface area contributed by atoms with Crippen molar-refractivity contribution < 1.29 is 44.9 Å². The maximum atomic E-state index is 13.0. The smallest absolute Gasteiger partial charge is 0.249 e. The Morgan fingerprint density at radius 1 is 0.630 bits per heavy atom. The first-order chi connectivity index (χ1) is 26.3. The number of aliphatic hydroxyl groups excluding tert-OH is 6. The van der Waals surface area contributed by atoms with Crippen molar-refractivity contribution in [3.63, 3.8) is 0 Å². The van der Waals surface area contributed by atoms with Crippen molar-refractivity contribution in [1.29, 1.82) is 0 Å². The minimum atomic E-state index is -1.61. The summed E-state index contributed by atoms with van der Waals surface area (Å²) in [5, 5.41) is 64.4. The summed E-state index contributed by atoms with van der Waals surface area (Å²) in [5.74, 6) is -0.634. The molecular formula is C44H81NO9. The van der Waals surface area contributed by atoms with E-state index in [1.807, 2.05) is 6.08 Å². The molecular weight excluding hydrogens is 686 g/mol. The largest absolute Gasteiger partial charge is 0.394 e. The number of carbonyl (C=O) groups excluding carboxylic acids is 1. The van der Waals surface area contributed by atoms with Crippen LogP contribution in [0.25, 0.3) is 0 Å². The average molecular weight is 768 g/mol. The van der Waals surface area contributed by atoms with E-state index >= 15 is 0 Å². The summed E-state index contributed by atoms with van der Waals surface area (Å²) in [6.07, 6.45) is 30.9. The van der Waals surface area contributed by atoms with Gasteiger partial charge in [0.25, 0.3) is 0 Å². The first-order valence-electron chi connectivity index (χ1n) is 21.8. The molecule has 0 aromatic rings. The Hall–Kier alpha value is -1.63. The number of hydrogen-bond acceptors (Lipinski definition) is 9. The summed E-state index contributed by atoms with van der Waals surface area (Å²) in [4.78, 5) is 13.0. The number of rotatable bonds is 35. The summed E-state index contributed by atoms with van der Waals surface area (Å²) in [6, 6.07) is -0.996. The lowest BCUT2D eigenvalue weighted by molar-refractivity contribution is -0.302. The molecule has 7 N–H and O–H groups in total. The van der Waals surface area contributed by atoms with Crippen molar-refractivity contribution in [2.45, 2.75) is 223 Å². The van der Waals surface area contributed by atoms with Crippen LogP contribution in [0.15, 0.2) is 36.5 Å². The SMILES string of the molecule is CCCCCCC/C=C/CC/C=C/C(O)C(COC1OC(CO)C(O)C(O)C1O)NC(=O)C(O)CCCCCCCC/C=C\CCCCCCCCCC. The molecule has 1 aliphatic rings. The first kappa shape index (κ1) is 50.4. The number of amides is 1. The van der Waals surface area contributed by atoms with Gasteiger partial charge in [-0.1, -0.05) is 153 Å². The molecule has 0 radical (unpaired) electrons. The molecule has 10 nitrogen and oxygen atoms in total. The van der Waals surface area contributed by atoms with Gasteiger partial charge in [-0.3, -0.25) is 4.79 Å². The fourth-order valence-corrected chi connectivity index (χ4v) is 6.64. The molecule has 1 fully saturated rings. The molecule has 0 bridgehead atoms. The Bertz CT molecular complexity index is 958. The topological polar surface area (TPSA) is 169 Å². The van der Waals surface area contributed by atoms with Crippen molar-refractivity contribution in [3.05, 3.63) is 36.5 Å². The van der Waals surface area contributed by atoms with E-state index in [1.54, 1.807) is 6.08 Å². The van der Waals surface area contributed by atoms with Crippen LogP contribution in [0.2, 0.25) is 0 Å². The van der Waals surface area contributed by atoms with Gasteiger partial charge < -0.3 is 45.4 Å². The van der Waals surface area contributed by atoms with E-state index in [0.29, 0.717) is 19.3 Å². The maximum Gasteiger partial charge on any atom is 0.249 e. The lowest BCUT2D eigenvalue weighted by Gasteiger charge is -2.40. The van der Waals surface area contributed by atoms with Gasteiger partial charge in [0, 0.05) is 0 Å². The molecule has 8 unspecified atom stereocenters. The second-order valence-electron chi connectivity index (χ2n) is 15.3. The third kappa shape index (κ3) is 24.8. The van der Waals surface area contributed by atoms with Crippen LogP contribution in [0.5, 0.6) is 0 Å². The fourth-order valence-electron chi connectivity index (χ4n) is 6.64. The van der Waals surface area contributed by atoms with E-state index in [2.05, 4.69) is 43.5 Å². The van der Waals surface area contributed by atoms with Crippen molar-refractivity contribution in [2.24, 2.45) is 0 Å². The van der Waals surface area contributed by atoms with E-state index in [4.69, 9.17) is 9.47 Å². The van der Waals surface area contributed by atoms with Crippen LogP contribution < -0.4 is 5.32 Å². The highest BCUT2D eigenvalue weighted by Gasteiger charge is 2.44. The van der Waals surface area contributed by atoms with Gasteiger partial charge in [0.05, 0.1) is 25.4 Å². The summed E-state index contributed by atoms with van der Waals surface area (Å²) < 4.78 is 11.1. The van der Waals surface area contributed by atoms with Crippen LogP contribution in [0.4, 0.5) is 0 Å². The zero-order chi connectivity index (χ0) is 39.7. The summed E-state index contributed by atoms with van der Waals surface area (Å²) >= 11 is 0. The Morgan fingerprint density at radius 2 is 1.09 bits per heavy atom. The van der Waals surface area contributed by atoms with Gasteiger partial charge in [-0.25, -0.2) is 0 Å². The molecule has 0 spiro atoms. The predicted molar refractivity (Wildman–Crippen MR) is 218 cm³/mol. The zero-order valence-electron chi connectivity index (χ0n) is 34.1. The Labute approximate surface area is 328 Å². The maximum absolute atomic E-state index is 13.0. The first-order valence-corrected chi connectivity index (χ1v) is 21.8. The van der Waals surface area contributed by atoms with Gasteiger partial charge in [-0.15, -0.1) is 0 Å². The van der Waals surface area contributed by atoms with Crippen molar-refractivity contribution >= 4 is 5.91 Å². The van der Waals surface area contributed by atoms with Crippen LogP contribution in [0, 0.1) is 0 Å². The third-order valence-electron chi connectivity index (χ3n) is 10.3. The molecule has 0 saturated carbocycles. The van der Waals surface area contributed by atoms with Crippen LogP contribution >= 0.6 is 0 Å². The second kappa shape index (κ2) is 34.6. The molecule has 0 aromatic heterocycles. The number of allylic oxidation sites excluding steroid dienone is 5. The predicted octanol–water partition coefficient (Wildman–Crippen LogP) is 7.47. The number of unbranched alkanes of at least 4 members (excludes halogenated alkanes) is 20. The minimum absolute atomic E-state index is 0.296. The molecule has 1 rings (SSSR count). The highest BCUT2D eigenvalue weighted by Crippen LogP contribution is 2.22. The Balaban J connectivity index is 2.43. The normalized spacial score (nSPS) is 22.4. The highest BCUT2D eigenvalue weighted by molar-refractivity contribution is 5.80.